The summed E-state index contributed by atoms with van der Waals surface area (Å²) in [5, 5.41) is 9.28. The fourth-order valence-electron chi connectivity index (χ4n) is 4.96. The average Bonchev–Trinajstić information content (AvgIpc) is 3.28. The van der Waals surface area contributed by atoms with Crippen LogP contribution >= 0.6 is 0 Å². The smallest absolute Gasteiger partial charge is 0.254 e. The molecule has 0 saturated carbocycles. The van der Waals surface area contributed by atoms with E-state index in [-0.39, 0.29) is 11.9 Å². The molecule has 1 fully saturated rings. The minimum Gasteiger partial charge on any atom is -0.375 e. The Balaban J connectivity index is 1.47. The van der Waals surface area contributed by atoms with Gasteiger partial charge in [0.15, 0.2) is 0 Å². The van der Waals surface area contributed by atoms with Crippen molar-refractivity contribution in [3.05, 3.63) is 75.6 Å². The highest BCUT2D eigenvalue weighted by Gasteiger charge is 2.29. The van der Waals surface area contributed by atoms with Crippen molar-refractivity contribution >= 4 is 5.91 Å². The summed E-state index contributed by atoms with van der Waals surface area (Å²) in [5.41, 5.74) is 7.54. The molecule has 1 unspecified atom stereocenters. The number of aromatic nitrogens is 2. The van der Waals surface area contributed by atoms with Crippen molar-refractivity contribution in [1.82, 2.24) is 14.9 Å². The Morgan fingerprint density at radius 3 is 2.85 bits per heavy atom. The molecule has 0 radical (unpaired) electrons. The largest absolute Gasteiger partial charge is 0.375 e. The molecule has 0 spiro atoms. The number of nitriles is 1. The van der Waals surface area contributed by atoms with E-state index >= 15 is 0 Å². The Morgan fingerprint density at radius 2 is 2.06 bits per heavy atom. The van der Waals surface area contributed by atoms with Crippen LogP contribution in [0.4, 0.5) is 0 Å². The zero-order chi connectivity index (χ0) is 22.9. The van der Waals surface area contributed by atoms with Crippen LogP contribution in [0.2, 0.25) is 0 Å². The fraction of sp³-hybridized carbons (Fsp3) is 0.370. The van der Waals surface area contributed by atoms with Gasteiger partial charge in [-0.15, -0.1) is 0 Å². The number of carbonyl (C=O) groups is 1. The number of amides is 1. The van der Waals surface area contributed by atoms with Crippen LogP contribution in [0.1, 0.15) is 69.3 Å². The first kappa shape index (κ1) is 21.4. The van der Waals surface area contributed by atoms with E-state index in [9.17, 15) is 10.1 Å². The quantitative estimate of drug-likeness (QED) is 0.621. The molecule has 1 atom stereocenters. The van der Waals surface area contributed by atoms with Gasteiger partial charge in [0.05, 0.1) is 42.3 Å². The predicted octanol–water partition coefficient (Wildman–Crippen LogP) is 5.01. The standard InChI is InChI=1S/C27H28N4O2/c1-17-6-7-20(14-22(17)26-29-23-10-12-33-16-24(23)30-26)27(32)31-11-4-3-5-25(31)19-8-9-21(15-28)18(2)13-19/h6-9,13-14,25H,3-5,10-12,16H2,1-2H3,(H,29,30). The zero-order valence-corrected chi connectivity index (χ0v) is 19.1. The lowest BCUT2D eigenvalue weighted by Crippen LogP contribution is -2.38. The molecular weight excluding hydrogens is 412 g/mol. The van der Waals surface area contributed by atoms with Gasteiger partial charge in [-0.2, -0.15) is 5.26 Å². The average molecular weight is 441 g/mol. The highest BCUT2D eigenvalue weighted by molar-refractivity contribution is 5.96. The summed E-state index contributed by atoms with van der Waals surface area (Å²) in [7, 11) is 0. The van der Waals surface area contributed by atoms with E-state index in [2.05, 4.69) is 17.1 Å². The minimum absolute atomic E-state index is 0.0236. The van der Waals surface area contributed by atoms with Crippen LogP contribution in [0.15, 0.2) is 36.4 Å². The summed E-state index contributed by atoms with van der Waals surface area (Å²) >= 11 is 0. The van der Waals surface area contributed by atoms with E-state index in [4.69, 9.17) is 9.72 Å². The van der Waals surface area contributed by atoms with Crippen LogP contribution in [-0.2, 0) is 17.8 Å². The number of imidazole rings is 1. The van der Waals surface area contributed by atoms with E-state index in [1.54, 1.807) is 0 Å². The van der Waals surface area contributed by atoms with Crippen LogP contribution < -0.4 is 0 Å². The van der Waals surface area contributed by atoms with Crippen molar-refractivity contribution in [2.75, 3.05) is 13.2 Å². The molecule has 3 heterocycles. The van der Waals surface area contributed by atoms with Crippen LogP contribution in [0.25, 0.3) is 11.4 Å². The number of nitrogens with one attached hydrogen (secondary N) is 1. The zero-order valence-electron chi connectivity index (χ0n) is 19.1. The van der Waals surface area contributed by atoms with Crippen molar-refractivity contribution in [2.24, 2.45) is 0 Å². The van der Waals surface area contributed by atoms with E-state index in [0.717, 1.165) is 71.7 Å². The SMILES string of the molecule is Cc1cc(C2CCCCN2C(=O)c2ccc(C)c(-c3nc4c([nH]3)COCC4)c2)ccc1C#N. The Morgan fingerprint density at radius 1 is 1.18 bits per heavy atom. The number of ether oxygens (including phenoxy) is 1. The number of H-pyrrole nitrogens is 1. The van der Waals surface area contributed by atoms with Crippen molar-refractivity contribution in [1.29, 1.82) is 5.26 Å². The predicted molar refractivity (Wildman–Crippen MR) is 126 cm³/mol. The third kappa shape index (κ3) is 4.05. The van der Waals surface area contributed by atoms with Gasteiger partial charge in [-0.3, -0.25) is 4.79 Å². The Bertz CT molecular complexity index is 1230. The van der Waals surface area contributed by atoms with Gasteiger partial charge < -0.3 is 14.6 Å². The van der Waals surface area contributed by atoms with Gasteiger partial charge in [0, 0.05) is 24.1 Å². The molecule has 1 N–H and O–H groups in total. The molecule has 1 aromatic heterocycles. The first-order chi connectivity index (χ1) is 16.0. The molecule has 33 heavy (non-hydrogen) atoms. The normalized spacial score (nSPS) is 18.0. The number of nitrogens with zero attached hydrogens (tertiary/aromatic N) is 3. The maximum atomic E-state index is 13.7. The molecule has 0 aliphatic carbocycles. The Labute approximate surface area is 194 Å². The second-order valence-electron chi connectivity index (χ2n) is 9.04. The fourth-order valence-corrected chi connectivity index (χ4v) is 4.96. The second kappa shape index (κ2) is 8.84. The maximum absolute atomic E-state index is 13.7. The molecule has 6 heteroatoms. The van der Waals surface area contributed by atoms with E-state index in [1.165, 1.54) is 0 Å². The molecule has 3 aromatic rings. The number of hydrogen-bond donors (Lipinski definition) is 1. The van der Waals surface area contributed by atoms with Gasteiger partial charge in [-0.05, 0) is 68.0 Å². The lowest BCUT2D eigenvalue weighted by molar-refractivity contribution is 0.0611. The van der Waals surface area contributed by atoms with E-state index < -0.39 is 0 Å². The molecule has 5 rings (SSSR count). The van der Waals surface area contributed by atoms with Crippen molar-refractivity contribution < 1.29 is 9.53 Å². The molecule has 0 bridgehead atoms. The lowest BCUT2D eigenvalue weighted by atomic mass is 9.92. The number of aromatic amines is 1. The van der Waals surface area contributed by atoms with E-state index in [1.807, 2.05) is 49.1 Å². The van der Waals surface area contributed by atoms with Crippen LogP contribution in [0, 0.1) is 25.2 Å². The number of aryl methyl sites for hydroxylation is 2. The molecule has 6 nitrogen and oxygen atoms in total. The third-order valence-corrected chi connectivity index (χ3v) is 6.85. The van der Waals surface area contributed by atoms with Gasteiger partial charge >= 0.3 is 0 Å². The first-order valence-corrected chi connectivity index (χ1v) is 11.6. The van der Waals surface area contributed by atoms with E-state index in [0.29, 0.717) is 24.3 Å². The summed E-state index contributed by atoms with van der Waals surface area (Å²) < 4.78 is 5.54. The number of carbonyl (C=O) groups excluding carboxylic acids is 1. The highest BCUT2D eigenvalue weighted by atomic mass is 16.5. The number of fused-ring (bicyclic) bond motifs is 1. The van der Waals surface area contributed by atoms with Crippen LogP contribution in [0.5, 0.6) is 0 Å². The van der Waals surface area contributed by atoms with Gasteiger partial charge in [0.25, 0.3) is 5.91 Å². The summed E-state index contributed by atoms with van der Waals surface area (Å²) in [6, 6.07) is 14.1. The summed E-state index contributed by atoms with van der Waals surface area (Å²) in [5.74, 6) is 0.846. The van der Waals surface area contributed by atoms with Gasteiger partial charge in [-0.25, -0.2) is 4.98 Å². The van der Waals surface area contributed by atoms with Crippen molar-refractivity contribution in [2.45, 2.75) is 52.2 Å². The summed E-state index contributed by atoms with van der Waals surface area (Å²) in [4.78, 5) is 23.9. The minimum atomic E-state index is 0.0236. The van der Waals surface area contributed by atoms with Gasteiger partial charge in [-0.1, -0.05) is 18.2 Å². The molecule has 2 aliphatic heterocycles. The second-order valence-corrected chi connectivity index (χ2v) is 9.04. The molecule has 1 amide bonds. The monoisotopic (exact) mass is 440 g/mol. The van der Waals surface area contributed by atoms with Gasteiger partial charge in [0.1, 0.15) is 5.82 Å². The number of hydrogen-bond acceptors (Lipinski definition) is 4. The molecule has 2 aliphatic rings. The van der Waals surface area contributed by atoms with Gasteiger partial charge in [0.2, 0.25) is 0 Å². The van der Waals surface area contributed by atoms with Crippen molar-refractivity contribution in [3.8, 4) is 17.5 Å². The Hall–Kier alpha value is -3.43. The highest BCUT2D eigenvalue weighted by Crippen LogP contribution is 2.34. The molecule has 2 aromatic carbocycles. The number of rotatable bonds is 3. The number of benzene rings is 2. The maximum Gasteiger partial charge on any atom is 0.254 e. The number of piperidine rings is 1. The lowest BCUT2D eigenvalue weighted by Gasteiger charge is -2.36. The Kier molecular flexibility index (Phi) is 5.74. The van der Waals surface area contributed by atoms with Crippen molar-refractivity contribution in [3.63, 3.8) is 0 Å². The molecule has 168 valence electrons. The third-order valence-electron chi connectivity index (χ3n) is 6.85. The molecule has 1 saturated heterocycles. The topological polar surface area (TPSA) is 82.0 Å². The number of likely N-dealkylation sites (tertiary alicyclic amines) is 1. The summed E-state index contributed by atoms with van der Waals surface area (Å²) in [6.45, 7) is 5.99. The first-order valence-electron chi connectivity index (χ1n) is 11.6. The molecular formula is C27H28N4O2. The summed E-state index contributed by atoms with van der Waals surface area (Å²) in [6.07, 6.45) is 3.83. The van der Waals surface area contributed by atoms with Crippen LogP contribution in [-0.4, -0.2) is 33.9 Å². The van der Waals surface area contributed by atoms with Crippen LogP contribution in [0.3, 0.4) is 0 Å².